The molecule has 0 aliphatic rings. The largest absolute Gasteiger partial charge is 0.494 e. The number of nitrogens with two attached hydrogens (primary N) is 1. The van der Waals surface area contributed by atoms with Crippen LogP contribution < -0.4 is 16.0 Å². The lowest BCUT2D eigenvalue weighted by molar-refractivity contribution is 0.381. The van der Waals surface area contributed by atoms with Gasteiger partial charge in [-0.05, 0) is 24.1 Å². The Morgan fingerprint density at radius 2 is 2.16 bits per heavy atom. The Balaban J connectivity index is 2.48. The van der Waals surface area contributed by atoms with Crippen molar-refractivity contribution < 1.29 is 9.13 Å². The number of hydrogen-bond acceptors (Lipinski definition) is 4. The van der Waals surface area contributed by atoms with E-state index >= 15 is 0 Å². The van der Waals surface area contributed by atoms with Gasteiger partial charge < -0.3 is 4.74 Å². The molecule has 0 spiro atoms. The summed E-state index contributed by atoms with van der Waals surface area (Å²) < 4.78 is 19.2. The van der Waals surface area contributed by atoms with Crippen LogP contribution in [0.25, 0.3) is 0 Å². The van der Waals surface area contributed by atoms with Gasteiger partial charge in [0, 0.05) is 18.0 Å². The van der Waals surface area contributed by atoms with Crippen LogP contribution in [0.2, 0.25) is 0 Å². The molecule has 0 bridgehead atoms. The monoisotopic (exact) mass is 261 g/mol. The summed E-state index contributed by atoms with van der Waals surface area (Å²) in [6.45, 7) is 1.92. The van der Waals surface area contributed by atoms with Crippen LogP contribution in [0, 0.1) is 12.7 Å². The topological polar surface area (TPSA) is 60.2 Å². The van der Waals surface area contributed by atoms with Crippen LogP contribution in [0.4, 0.5) is 4.39 Å². The Labute approximate surface area is 111 Å². The Hall–Kier alpha value is -1.98. The van der Waals surface area contributed by atoms with Crippen LogP contribution in [0.15, 0.2) is 36.7 Å². The lowest BCUT2D eigenvalue weighted by Gasteiger charge is -2.18. The van der Waals surface area contributed by atoms with Gasteiger partial charge in [0.1, 0.15) is 0 Å². The van der Waals surface area contributed by atoms with Crippen molar-refractivity contribution in [1.29, 1.82) is 0 Å². The predicted molar refractivity (Wildman–Crippen MR) is 71.1 cm³/mol. The van der Waals surface area contributed by atoms with Crippen molar-refractivity contribution in [2.45, 2.75) is 13.0 Å². The molecule has 0 fully saturated rings. The zero-order valence-corrected chi connectivity index (χ0v) is 10.9. The fourth-order valence-corrected chi connectivity index (χ4v) is 2.01. The molecule has 0 saturated heterocycles. The maximum Gasteiger partial charge on any atom is 0.170 e. The highest BCUT2D eigenvalue weighted by Gasteiger charge is 2.19. The molecular weight excluding hydrogens is 245 g/mol. The average Bonchev–Trinajstić information content (AvgIpc) is 2.41. The fourth-order valence-electron chi connectivity index (χ4n) is 2.01. The second-order valence-corrected chi connectivity index (χ2v) is 4.26. The molecule has 2 aromatic rings. The van der Waals surface area contributed by atoms with Gasteiger partial charge in [-0.3, -0.25) is 10.8 Å². The van der Waals surface area contributed by atoms with E-state index in [-0.39, 0.29) is 5.75 Å². The molecule has 1 atom stereocenters. The molecule has 4 nitrogen and oxygen atoms in total. The number of benzene rings is 1. The summed E-state index contributed by atoms with van der Waals surface area (Å²) in [5, 5.41) is 0. The molecular formula is C14H16FN3O. The van der Waals surface area contributed by atoms with Crippen molar-refractivity contribution in [1.82, 2.24) is 10.4 Å². The number of nitrogens with one attached hydrogen (secondary N) is 1. The minimum absolute atomic E-state index is 0.193. The fraction of sp³-hybridized carbons (Fsp3) is 0.214. The quantitative estimate of drug-likeness (QED) is 0.653. The van der Waals surface area contributed by atoms with Gasteiger partial charge >= 0.3 is 0 Å². The van der Waals surface area contributed by atoms with E-state index in [1.54, 1.807) is 30.6 Å². The molecule has 2 rings (SSSR count). The van der Waals surface area contributed by atoms with Crippen LogP contribution in [0.5, 0.6) is 5.75 Å². The van der Waals surface area contributed by atoms with E-state index < -0.39 is 11.9 Å². The number of aromatic nitrogens is 1. The van der Waals surface area contributed by atoms with Gasteiger partial charge in [0.2, 0.25) is 0 Å². The van der Waals surface area contributed by atoms with E-state index in [1.807, 2.05) is 13.0 Å². The van der Waals surface area contributed by atoms with E-state index in [0.29, 0.717) is 5.56 Å². The molecule has 0 aliphatic carbocycles. The smallest absolute Gasteiger partial charge is 0.170 e. The summed E-state index contributed by atoms with van der Waals surface area (Å²) in [7, 11) is 1.43. The maximum atomic E-state index is 14.3. The number of ether oxygens (including phenoxy) is 1. The second kappa shape index (κ2) is 5.77. The number of nitrogens with zero attached hydrogens (tertiary/aromatic N) is 1. The lowest BCUT2D eigenvalue weighted by atomic mass is 9.99. The first-order chi connectivity index (χ1) is 9.17. The highest BCUT2D eigenvalue weighted by atomic mass is 19.1. The number of methoxy groups -OCH3 is 1. The molecule has 0 aliphatic heterocycles. The SMILES string of the molecule is COc1cccc(C(NN)c2cncc(C)c2)c1F. The molecule has 0 saturated carbocycles. The molecule has 1 aromatic heterocycles. The molecule has 1 heterocycles. The van der Waals surface area contributed by atoms with Gasteiger partial charge in [-0.25, -0.2) is 9.82 Å². The summed E-state index contributed by atoms with van der Waals surface area (Å²) in [5.74, 6) is 5.33. The third-order valence-corrected chi connectivity index (χ3v) is 2.92. The van der Waals surface area contributed by atoms with E-state index in [2.05, 4.69) is 10.4 Å². The van der Waals surface area contributed by atoms with Crippen molar-refractivity contribution in [3.05, 3.63) is 59.2 Å². The third-order valence-electron chi connectivity index (χ3n) is 2.92. The number of halogens is 1. The highest BCUT2D eigenvalue weighted by Crippen LogP contribution is 2.28. The van der Waals surface area contributed by atoms with E-state index in [4.69, 9.17) is 10.6 Å². The number of aryl methyl sites for hydroxylation is 1. The van der Waals surface area contributed by atoms with Crippen molar-refractivity contribution in [3.8, 4) is 5.75 Å². The van der Waals surface area contributed by atoms with Crippen molar-refractivity contribution in [2.24, 2.45) is 5.84 Å². The molecule has 19 heavy (non-hydrogen) atoms. The number of pyridine rings is 1. The van der Waals surface area contributed by atoms with Gasteiger partial charge in [-0.2, -0.15) is 0 Å². The van der Waals surface area contributed by atoms with Gasteiger partial charge in [-0.15, -0.1) is 0 Å². The van der Waals surface area contributed by atoms with E-state index in [1.165, 1.54) is 7.11 Å². The average molecular weight is 261 g/mol. The van der Waals surface area contributed by atoms with Crippen molar-refractivity contribution in [2.75, 3.05) is 7.11 Å². The first-order valence-electron chi connectivity index (χ1n) is 5.87. The molecule has 1 unspecified atom stereocenters. The molecule has 1 aromatic carbocycles. The second-order valence-electron chi connectivity index (χ2n) is 4.26. The van der Waals surface area contributed by atoms with E-state index in [9.17, 15) is 4.39 Å². The first-order valence-corrected chi connectivity index (χ1v) is 5.87. The molecule has 0 amide bonds. The zero-order valence-electron chi connectivity index (χ0n) is 10.9. The summed E-state index contributed by atoms with van der Waals surface area (Å²) in [6.07, 6.45) is 3.40. The van der Waals surface area contributed by atoms with Crippen LogP contribution in [-0.4, -0.2) is 12.1 Å². The van der Waals surface area contributed by atoms with E-state index in [0.717, 1.165) is 11.1 Å². The minimum atomic E-state index is -0.470. The first kappa shape index (κ1) is 13.5. The van der Waals surface area contributed by atoms with Crippen molar-refractivity contribution in [3.63, 3.8) is 0 Å². The van der Waals surface area contributed by atoms with Crippen LogP contribution in [-0.2, 0) is 0 Å². The third kappa shape index (κ3) is 2.72. The summed E-state index contributed by atoms with van der Waals surface area (Å²) in [6, 6.07) is 6.41. The van der Waals surface area contributed by atoms with Gasteiger partial charge in [0.15, 0.2) is 11.6 Å². The van der Waals surface area contributed by atoms with Gasteiger partial charge in [0.05, 0.1) is 13.2 Å². The Morgan fingerprint density at radius 1 is 1.37 bits per heavy atom. The molecule has 5 heteroatoms. The van der Waals surface area contributed by atoms with Crippen LogP contribution >= 0.6 is 0 Å². The summed E-state index contributed by atoms with van der Waals surface area (Å²) in [5.41, 5.74) is 4.83. The van der Waals surface area contributed by atoms with Gasteiger partial charge in [0.25, 0.3) is 0 Å². The summed E-state index contributed by atoms with van der Waals surface area (Å²) in [4.78, 5) is 4.10. The van der Waals surface area contributed by atoms with Gasteiger partial charge in [-0.1, -0.05) is 18.2 Å². The number of hydrogen-bond donors (Lipinski definition) is 2. The minimum Gasteiger partial charge on any atom is -0.494 e. The standard InChI is InChI=1S/C14H16FN3O/c1-9-6-10(8-17-7-9)14(18-16)11-4-3-5-12(19-2)13(11)15/h3-8,14,18H,16H2,1-2H3. The maximum absolute atomic E-state index is 14.3. The van der Waals surface area contributed by atoms with Crippen LogP contribution in [0.1, 0.15) is 22.7 Å². The lowest BCUT2D eigenvalue weighted by Crippen LogP contribution is -2.29. The zero-order chi connectivity index (χ0) is 13.8. The van der Waals surface area contributed by atoms with Crippen molar-refractivity contribution >= 4 is 0 Å². The number of rotatable bonds is 4. The highest BCUT2D eigenvalue weighted by molar-refractivity contribution is 5.38. The molecule has 3 N–H and O–H groups in total. The Bertz CT molecular complexity index is 574. The normalized spacial score (nSPS) is 12.2. The number of hydrazine groups is 1. The van der Waals surface area contributed by atoms with Crippen LogP contribution in [0.3, 0.4) is 0 Å². The molecule has 0 radical (unpaired) electrons. The Kier molecular flexibility index (Phi) is 4.09. The summed E-state index contributed by atoms with van der Waals surface area (Å²) >= 11 is 0. The predicted octanol–water partition coefficient (Wildman–Crippen LogP) is 2.09. The Morgan fingerprint density at radius 3 is 2.79 bits per heavy atom. The molecule has 100 valence electrons.